The summed E-state index contributed by atoms with van der Waals surface area (Å²) < 4.78 is 5.26. The van der Waals surface area contributed by atoms with E-state index in [1.54, 1.807) is 13.1 Å². The van der Waals surface area contributed by atoms with E-state index in [1.165, 1.54) is 6.07 Å². The first kappa shape index (κ1) is 13.7. The number of pyridine rings is 1. The molecule has 1 aliphatic rings. The van der Waals surface area contributed by atoms with E-state index in [-0.39, 0.29) is 5.69 Å². The fourth-order valence-electron chi connectivity index (χ4n) is 1.99. The Kier molecular flexibility index (Phi) is 4.64. The Morgan fingerprint density at radius 3 is 2.95 bits per heavy atom. The van der Waals surface area contributed by atoms with Gasteiger partial charge in [-0.25, -0.2) is 4.98 Å². The van der Waals surface area contributed by atoms with E-state index >= 15 is 0 Å². The molecule has 0 atom stereocenters. The molecule has 1 aromatic rings. The molecule has 0 bridgehead atoms. The molecule has 2 rings (SSSR count). The van der Waals surface area contributed by atoms with Gasteiger partial charge in [-0.1, -0.05) is 0 Å². The molecular weight excluding hydrogens is 248 g/mol. The van der Waals surface area contributed by atoms with Crippen LogP contribution in [0.1, 0.15) is 5.56 Å². The van der Waals surface area contributed by atoms with Crippen molar-refractivity contribution in [3.63, 3.8) is 0 Å². The third-order valence-electron chi connectivity index (χ3n) is 3.03. The number of nitrogens with zero attached hydrogens (tertiary/aromatic N) is 3. The molecule has 7 nitrogen and oxygen atoms in total. The lowest BCUT2D eigenvalue weighted by molar-refractivity contribution is -0.384. The molecule has 1 N–H and O–H groups in total. The molecule has 0 spiro atoms. The van der Waals surface area contributed by atoms with Gasteiger partial charge in [-0.3, -0.25) is 15.0 Å². The van der Waals surface area contributed by atoms with Gasteiger partial charge in [-0.15, -0.1) is 0 Å². The number of anilines is 1. The first-order valence-electron chi connectivity index (χ1n) is 6.32. The third-order valence-corrected chi connectivity index (χ3v) is 3.03. The van der Waals surface area contributed by atoms with Gasteiger partial charge >= 0.3 is 5.69 Å². The van der Waals surface area contributed by atoms with Crippen molar-refractivity contribution in [1.82, 2.24) is 9.88 Å². The Hall–Kier alpha value is -1.73. The van der Waals surface area contributed by atoms with Crippen LogP contribution in [0.3, 0.4) is 0 Å². The summed E-state index contributed by atoms with van der Waals surface area (Å²) in [7, 11) is 0. The molecule has 7 heteroatoms. The largest absolute Gasteiger partial charge is 0.379 e. The Morgan fingerprint density at radius 2 is 2.26 bits per heavy atom. The van der Waals surface area contributed by atoms with Crippen LogP contribution in [0.25, 0.3) is 0 Å². The SMILES string of the molecule is Cc1cnc(NCCN2CCOCC2)c([N+](=O)[O-])c1. The number of nitrogens with one attached hydrogen (secondary N) is 1. The van der Waals surface area contributed by atoms with Crippen LogP contribution in [0.4, 0.5) is 11.5 Å². The van der Waals surface area contributed by atoms with Gasteiger partial charge in [0.2, 0.25) is 5.82 Å². The zero-order valence-corrected chi connectivity index (χ0v) is 11.0. The van der Waals surface area contributed by atoms with E-state index < -0.39 is 4.92 Å². The number of rotatable bonds is 5. The van der Waals surface area contributed by atoms with E-state index in [0.29, 0.717) is 12.4 Å². The molecule has 0 radical (unpaired) electrons. The van der Waals surface area contributed by atoms with Crippen molar-refractivity contribution in [2.45, 2.75) is 6.92 Å². The minimum atomic E-state index is -0.406. The predicted molar refractivity (Wildman–Crippen MR) is 71.4 cm³/mol. The highest BCUT2D eigenvalue weighted by Crippen LogP contribution is 2.21. The summed E-state index contributed by atoms with van der Waals surface area (Å²) in [4.78, 5) is 16.9. The summed E-state index contributed by atoms with van der Waals surface area (Å²) in [5.41, 5.74) is 0.812. The van der Waals surface area contributed by atoms with Gasteiger partial charge in [-0.2, -0.15) is 0 Å². The van der Waals surface area contributed by atoms with Crippen molar-refractivity contribution in [3.05, 3.63) is 27.9 Å². The molecular formula is C12H18N4O3. The summed E-state index contributed by atoms with van der Waals surface area (Å²) >= 11 is 0. The molecule has 1 aliphatic heterocycles. The predicted octanol–water partition coefficient (Wildman–Crippen LogP) is 1.04. The maximum absolute atomic E-state index is 10.9. The third kappa shape index (κ3) is 3.87. The number of aromatic nitrogens is 1. The van der Waals surface area contributed by atoms with E-state index in [4.69, 9.17) is 4.74 Å². The lowest BCUT2D eigenvalue weighted by atomic mass is 10.3. The monoisotopic (exact) mass is 266 g/mol. The molecule has 0 aromatic carbocycles. The highest BCUT2D eigenvalue weighted by molar-refractivity contribution is 5.56. The van der Waals surface area contributed by atoms with Gasteiger partial charge in [0.1, 0.15) is 0 Å². The lowest BCUT2D eigenvalue weighted by Crippen LogP contribution is -2.39. The van der Waals surface area contributed by atoms with Gasteiger partial charge in [0.15, 0.2) is 0 Å². The van der Waals surface area contributed by atoms with Gasteiger partial charge in [0.25, 0.3) is 0 Å². The highest BCUT2D eigenvalue weighted by Gasteiger charge is 2.15. The average Bonchev–Trinajstić information content (AvgIpc) is 2.41. The number of hydrogen-bond acceptors (Lipinski definition) is 6. The lowest BCUT2D eigenvalue weighted by Gasteiger charge is -2.26. The molecule has 2 heterocycles. The van der Waals surface area contributed by atoms with Crippen LogP contribution in [0.5, 0.6) is 0 Å². The number of hydrogen-bond donors (Lipinski definition) is 1. The topological polar surface area (TPSA) is 80.5 Å². The second-order valence-corrected chi connectivity index (χ2v) is 4.52. The molecule has 104 valence electrons. The normalized spacial score (nSPS) is 16.3. The molecule has 0 amide bonds. The van der Waals surface area contributed by atoms with Gasteiger partial charge in [0, 0.05) is 38.4 Å². The van der Waals surface area contributed by atoms with Crippen LogP contribution < -0.4 is 5.32 Å². The van der Waals surface area contributed by atoms with E-state index in [1.807, 2.05) is 0 Å². The van der Waals surface area contributed by atoms with Crippen LogP contribution in [-0.4, -0.2) is 54.2 Å². The van der Waals surface area contributed by atoms with Crippen LogP contribution in [0, 0.1) is 17.0 Å². The molecule has 1 saturated heterocycles. The molecule has 0 aliphatic carbocycles. The standard InChI is InChI=1S/C12H18N4O3/c1-10-8-11(16(17)18)12(14-9-10)13-2-3-15-4-6-19-7-5-15/h8-9H,2-7H2,1H3,(H,13,14). The van der Waals surface area contributed by atoms with E-state index in [2.05, 4.69) is 15.2 Å². The fraction of sp³-hybridized carbons (Fsp3) is 0.583. The van der Waals surface area contributed by atoms with Crippen molar-refractivity contribution < 1.29 is 9.66 Å². The minimum absolute atomic E-state index is 0.0296. The van der Waals surface area contributed by atoms with Crippen molar-refractivity contribution in [1.29, 1.82) is 0 Å². The second kappa shape index (κ2) is 6.44. The summed E-state index contributed by atoms with van der Waals surface area (Å²) in [5.74, 6) is 0.337. The van der Waals surface area contributed by atoms with Crippen LogP contribution in [-0.2, 0) is 4.74 Å². The summed E-state index contributed by atoms with van der Waals surface area (Å²) in [5, 5.41) is 14.0. The van der Waals surface area contributed by atoms with Gasteiger partial charge in [0.05, 0.1) is 18.1 Å². The van der Waals surface area contributed by atoms with Gasteiger partial charge < -0.3 is 10.1 Å². The maximum atomic E-state index is 10.9. The van der Waals surface area contributed by atoms with Crippen molar-refractivity contribution >= 4 is 11.5 Å². The van der Waals surface area contributed by atoms with E-state index in [9.17, 15) is 10.1 Å². The van der Waals surface area contributed by atoms with Crippen molar-refractivity contribution in [2.24, 2.45) is 0 Å². The summed E-state index contributed by atoms with van der Waals surface area (Å²) in [6, 6.07) is 1.53. The molecule has 0 saturated carbocycles. The van der Waals surface area contributed by atoms with E-state index in [0.717, 1.165) is 38.4 Å². The Bertz CT molecular complexity index is 447. The first-order valence-corrected chi connectivity index (χ1v) is 6.32. The van der Waals surface area contributed by atoms with Crippen LogP contribution in [0.2, 0.25) is 0 Å². The second-order valence-electron chi connectivity index (χ2n) is 4.52. The number of morpholine rings is 1. The molecule has 19 heavy (non-hydrogen) atoms. The highest BCUT2D eigenvalue weighted by atomic mass is 16.6. The quantitative estimate of drug-likeness (QED) is 0.633. The number of nitro groups is 1. The molecule has 1 fully saturated rings. The fourth-order valence-corrected chi connectivity index (χ4v) is 1.99. The van der Waals surface area contributed by atoms with Crippen LogP contribution >= 0.6 is 0 Å². The minimum Gasteiger partial charge on any atom is -0.379 e. The number of ether oxygens (including phenoxy) is 1. The smallest absolute Gasteiger partial charge is 0.311 e. The Labute approximate surface area is 111 Å². The first-order chi connectivity index (χ1) is 9.16. The molecule has 1 aromatic heterocycles. The Morgan fingerprint density at radius 1 is 1.53 bits per heavy atom. The van der Waals surface area contributed by atoms with Crippen molar-refractivity contribution in [3.8, 4) is 0 Å². The zero-order valence-electron chi connectivity index (χ0n) is 11.0. The average molecular weight is 266 g/mol. The summed E-state index contributed by atoms with van der Waals surface area (Å²) in [6.07, 6.45) is 1.63. The Balaban J connectivity index is 1.89. The zero-order chi connectivity index (χ0) is 13.7. The summed E-state index contributed by atoms with van der Waals surface area (Å²) in [6.45, 7) is 6.58. The maximum Gasteiger partial charge on any atom is 0.311 e. The van der Waals surface area contributed by atoms with Crippen molar-refractivity contribution in [2.75, 3.05) is 44.7 Å². The van der Waals surface area contributed by atoms with Crippen LogP contribution in [0.15, 0.2) is 12.3 Å². The van der Waals surface area contributed by atoms with Gasteiger partial charge in [-0.05, 0) is 12.5 Å². The molecule has 0 unspecified atom stereocenters. The number of aryl methyl sites for hydroxylation is 1.